The molecule has 0 saturated heterocycles. The molecule has 0 aliphatic carbocycles. The largest absolute Gasteiger partial charge is 0.361 e. The van der Waals surface area contributed by atoms with Crippen molar-refractivity contribution in [2.75, 3.05) is 16.4 Å². The minimum atomic E-state index is -3.22. The molecule has 3 N–H and O–H groups in total. The van der Waals surface area contributed by atoms with Gasteiger partial charge in [0.05, 0.1) is 16.3 Å². The fourth-order valence-corrected chi connectivity index (χ4v) is 4.55. The first-order chi connectivity index (χ1) is 11.5. The average molecular weight is 341 g/mol. The Bertz CT molecular complexity index is 1050. The Labute approximate surface area is 138 Å². The normalized spacial score (nSPS) is 15.2. The van der Waals surface area contributed by atoms with E-state index in [4.69, 9.17) is 0 Å². The summed E-state index contributed by atoms with van der Waals surface area (Å²) >= 11 is 0. The van der Waals surface area contributed by atoms with Gasteiger partial charge in [0.25, 0.3) is 0 Å². The van der Waals surface area contributed by atoms with Crippen molar-refractivity contribution in [3.8, 4) is 0 Å². The third-order valence-corrected chi connectivity index (χ3v) is 5.94. The van der Waals surface area contributed by atoms with E-state index in [0.717, 1.165) is 16.5 Å². The molecule has 2 aromatic carbocycles. The first-order valence-electron chi connectivity index (χ1n) is 7.53. The average Bonchev–Trinajstić information content (AvgIpc) is 3.13. The fraction of sp³-hybridized carbons (Fsp3) is 0.118. The third-order valence-electron chi connectivity index (χ3n) is 4.14. The molecule has 1 aromatic heterocycles. The second-order valence-corrected chi connectivity index (χ2v) is 7.79. The van der Waals surface area contributed by atoms with E-state index in [0.29, 0.717) is 22.7 Å². The number of urea groups is 1. The van der Waals surface area contributed by atoms with Crippen molar-refractivity contribution < 1.29 is 13.2 Å². The summed E-state index contributed by atoms with van der Waals surface area (Å²) in [6.07, 6.45) is 2.33. The summed E-state index contributed by atoms with van der Waals surface area (Å²) in [5, 5.41) is 6.39. The Kier molecular flexibility index (Phi) is 3.31. The lowest BCUT2D eigenvalue weighted by Crippen LogP contribution is -2.19. The SMILES string of the molecule is O=C(Nc1ccc2c(c1)S(=O)(=O)CC2)Nc1cccc2[nH]ccc12. The molecule has 0 spiro atoms. The zero-order chi connectivity index (χ0) is 16.7. The van der Waals surface area contributed by atoms with E-state index in [2.05, 4.69) is 15.6 Å². The van der Waals surface area contributed by atoms with Crippen LogP contribution in [0, 0.1) is 0 Å². The number of hydrogen-bond donors (Lipinski definition) is 3. The Morgan fingerprint density at radius 3 is 2.83 bits per heavy atom. The molecule has 122 valence electrons. The number of H-pyrrole nitrogens is 1. The quantitative estimate of drug-likeness (QED) is 0.669. The van der Waals surface area contributed by atoms with Crippen LogP contribution in [0.5, 0.6) is 0 Å². The van der Waals surface area contributed by atoms with Gasteiger partial charge in [-0.1, -0.05) is 12.1 Å². The predicted octanol–water partition coefficient (Wildman–Crippen LogP) is 3.14. The molecule has 0 saturated carbocycles. The fourth-order valence-electron chi connectivity index (χ4n) is 2.96. The van der Waals surface area contributed by atoms with E-state index >= 15 is 0 Å². The van der Waals surface area contributed by atoms with Crippen LogP contribution < -0.4 is 10.6 Å². The van der Waals surface area contributed by atoms with Gasteiger partial charge in [-0.15, -0.1) is 0 Å². The molecule has 2 heterocycles. The molecule has 1 aliphatic heterocycles. The number of carbonyl (C=O) groups is 1. The van der Waals surface area contributed by atoms with Crippen LogP contribution in [0.15, 0.2) is 53.6 Å². The minimum Gasteiger partial charge on any atom is -0.361 e. The standard InChI is InChI=1S/C17H15N3O3S/c21-17(20-15-3-1-2-14-13(15)6-8-18-14)19-12-5-4-11-7-9-24(22,23)16(11)10-12/h1-6,8,10,18H,7,9H2,(H2,19,20,21). The summed E-state index contributed by atoms with van der Waals surface area (Å²) in [6.45, 7) is 0. The van der Waals surface area contributed by atoms with Gasteiger partial charge in [-0.05, 0) is 42.3 Å². The number of hydrogen-bond acceptors (Lipinski definition) is 3. The number of sulfone groups is 1. The van der Waals surface area contributed by atoms with E-state index < -0.39 is 15.9 Å². The molecule has 0 fully saturated rings. The van der Waals surface area contributed by atoms with Crippen molar-refractivity contribution in [1.82, 2.24) is 4.98 Å². The lowest BCUT2D eigenvalue weighted by Gasteiger charge is -2.10. The number of aryl methyl sites for hydroxylation is 1. The summed E-state index contributed by atoms with van der Waals surface area (Å²) in [6, 6.07) is 12.0. The number of aromatic nitrogens is 1. The molecule has 0 bridgehead atoms. The molecule has 24 heavy (non-hydrogen) atoms. The first-order valence-corrected chi connectivity index (χ1v) is 9.18. The zero-order valence-electron chi connectivity index (χ0n) is 12.7. The van der Waals surface area contributed by atoms with Gasteiger partial charge in [-0.25, -0.2) is 13.2 Å². The lowest BCUT2D eigenvalue weighted by molar-refractivity contribution is 0.262. The number of anilines is 2. The van der Waals surface area contributed by atoms with Crippen molar-refractivity contribution in [3.63, 3.8) is 0 Å². The van der Waals surface area contributed by atoms with Crippen LogP contribution in [0.1, 0.15) is 5.56 Å². The van der Waals surface area contributed by atoms with Gasteiger partial charge in [0, 0.05) is 22.8 Å². The maximum atomic E-state index is 12.2. The first kappa shape index (κ1) is 14.8. The van der Waals surface area contributed by atoms with Crippen LogP contribution in [-0.2, 0) is 16.3 Å². The maximum Gasteiger partial charge on any atom is 0.323 e. The highest BCUT2D eigenvalue weighted by atomic mass is 32.2. The topological polar surface area (TPSA) is 91.1 Å². The Morgan fingerprint density at radius 2 is 1.96 bits per heavy atom. The zero-order valence-corrected chi connectivity index (χ0v) is 13.5. The molecule has 3 aromatic rings. The van der Waals surface area contributed by atoms with Crippen molar-refractivity contribution in [2.24, 2.45) is 0 Å². The molecule has 0 unspecified atom stereocenters. The van der Waals surface area contributed by atoms with Crippen LogP contribution >= 0.6 is 0 Å². The van der Waals surface area contributed by atoms with Crippen molar-refractivity contribution in [1.29, 1.82) is 0 Å². The van der Waals surface area contributed by atoms with Gasteiger partial charge in [0.15, 0.2) is 9.84 Å². The highest BCUT2D eigenvalue weighted by molar-refractivity contribution is 7.91. The Balaban J connectivity index is 1.56. The summed E-state index contributed by atoms with van der Waals surface area (Å²) < 4.78 is 23.9. The molecule has 4 rings (SSSR count). The Hall–Kier alpha value is -2.80. The van der Waals surface area contributed by atoms with E-state index in [1.54, 1.807) is 18.3 Å². The van der Waals surface area contributed by atoms with E-state index in [-0.39, 0.29) is 5.75 Å². The number of amides is 2. The molecule has 0 radical (unpaired) electrons. The monoisotopic (exact) mass is 341 g/mol. The van der Waals surface area contributed by atoms with Crippen molar-refractivity contribution in [3.05, 3.63) is 54.2 Å². The molecule has 7 heteroatoms. The van der Waals surface area contributed by atoms with Crippen LogP contribution in [0.4, 0.5) is 16.2 Å². The third kappa shape index (κ3) is 2.52. The number of fused-ring (bicyclic) bond motifs is 2. The number of nitrogens with one attached hydrogen (secondary N) is 3. The number of carbonyl (C=O) groups excluding carboxylic acids is 1. The maximum absolute atomic E-state index is 12.2. The smallest absolute Gasteiger partial charge is 0.323 e. The van der Waals surface area contributed by atoms with Crippen LogP contribution in [-0.4, -0.2) is 25.2 Å². The highest BCUT2D eigenvalue weighted by Gasteiger charge is 2.26. The molecule has 6 nitrogen and oxygen atoms in total. The van der Waals surface area contributed by atoms with Gasteiger partial charge in [0.2, 0.25) is 0 Å². The second kappa shape index (κ2) is 5.38. The number of aromatic amines is 1. The van der Waals surface area contributed by atoms with E-state index in [1.807, 2.05) is 24.3 Å². The highest BCUT2D eigenvalue weighted by Crippen LogP contribution is 2.29. The number of rotatable bonds is 2. The van der Waals surface area contributed by atoms with Gasteiger partial charge < -0.3 is 15.6 Å². The van der Waals surface area contributed by atoms with Crippen LogP contribution in [0.3, 0.4) is 0 Å². The van der Waals surface area contributed by atoms with E-state index in [9.17, 15) is 13.2 Å². The summed E-state index contributed by atoms with van der Waals surface area (Å²) in [7, 11) is -3.22. The molecular weight excluding hydrogens is 326 g/mol. The summed E-state index contributed by atoms with van der Waals surface area (Å²) in [5.41, 5.74) is 2.87. The molecule has 0 atom stereocenters. The summed E-state index contributed by atoms with van der Waals surface area (Å²) in [5.74, 6) is 0.132. The lowest BCUT2D eigenvalue weighted by atomic mass is 10.1. The van der Waals surface area contributed by atoms with Gasteiger partial charge >= 0.3 is 6.03 Å². The Morgan fingerprint density at radius 1 is 1.08 bits per heavy atom. The number of benzene rings is 2. The molecular formula is C17H15N3O3S. The van der Waals surface area contributed by atoms with Crippen molar-refractivity contribution in [2.45, 2.75) is 11.3 Å². The van der Waals surface area contributed by atoms with Gasteiger partial charge in [-0.3, -0.25) is 0 Å². The molecule has 1 aliphatic rings. The van der Waals surface area contributed by atoms with Crippen molar-refractivity contribution >= 4 is 38.1 Å². The molecule has 2 amide bonds. The predicted molar refractivity (Wildman–Crippen MR) is 93.1 cm³/mol. The van der Waals surface area contributed by atoms with Crippen LogP contribution in [0.25, 0.3) is 10.9 Å². The summed E-state index contributed by atoms with van der Waals surface area (Å²) in [4.78, 5) is 15.6. The van der Waals surface area contributed by atoms with Gasteiger partial charge in [-0.2, -0.15) is 0 Å². The minimum absolute atomic E-state index is 0.132. The van der Waals surface area contributed by atoms with Crippen LogP contribution in [0.2, 0.25) is 0 Å². The second-order valence-electron chi connectivity index (χ2n) is 5.71. The van der Waals surface area contributed by atoms with Gasteiger partial charge in [0.1, 0.15) is 0 Å². The van der Waals surface area contributed by atoms with E-state index in [1.165, 1.54) is 6.07 Å².